The van der Waals surface area contributed by atoms with Crippen LogP contribution in [0.1, 0.15) is 5.56 Å². The Morgan fingerprint density at radius 3 is 3.07 bits per heavy atom. The van der Waals surface area contributed by atoms with E-state index in [1.807, 2.05) is 18.2 Å². The molecule has 0 radical (unpaired) electrons. The predicted molar refractivity (Wildman–Crippen MR) is 58.1 cm³/mol. The van der Waals surface area contributed by atoms with Gasteiger partial charge in [-0.1, -0.05) is 0 Å². The Kier molecular flexibility index (Phi) is 2.85. The number of nitrogen functional groups attached to an aromatic ring is 1. The van der Waals surface area contributed by atoms with Gasteiger partial charge >= 0.3 is 0 Å². The van der Waals surface area contributed by atoms with Crippen LogP contribution in [0.25, 0.3) is 0 Å². The van der Waals surface area contributed by atoms with E-state index in [1.54, 1.807) is 18.7 Å². The summed E-state index contributed by atoms with van der Waals surface area (Å²) in [6.45, 7) is 0.713. The van der Waals surface area contributed by atoms with E-state index in [1.165, 1.54) is 0 Å². The van der Waals surface area contributed by atoms with E-state index in [4.69, 9.17) is 10.3 Å². The molecule has 15 heavy (non-hydrogen) atoms. The van der Waals surface area contributed by atoms with E-state index in [9.17, 15) is 0 Å². The average molecular weight is 204 g/mol. The Morgan fingerprint density at radius 1 is 1.40 bits per heavy atom. The topological polar surface area (TPSA) is 76.1 Å². The number of hydrogen-bond acceptors (Lipinski definition) is 5. The van der Waals surface area contributed by atoms with Crippen LogP contribution < -0.4 is 16.6 Å². The molecule has 0 amide bonds. The van der Waals surface area contributed by atoms with Crippen molar-refractivity contribution in [3.63, 3.8) is 0 Å². The monoisotopic (exact) mass is 204 g/mol. The lowest BCUT2D eigenvalue weighted by Gasteiger charge is -2.05. The number of aromatic nitrogens is 1. The second-order valence-corrected chi connectivity index (χ2v) is 3.06. The van der Waals surface area contributed by atoms with Crippen LogP contribution in [0.5, 0.6) is 0 Å². The van der Waals surface area contributed by atoms with E-state index in [0.29, 0.717) is 12.4 Å². The standard InChI is InChI=1S/C10H12N4O/c11-14-10-5-9(1-3-12-10)13-6-8-2-4-15-7-8/h1-5,7H,6,11H2,(H2,12,13,14). The van der Waals surface area contributed by atoms with Crippen LogP contribution in [0, 0.1) is 0 Å². The summed E-state index contributed by atoms with van der Waals surface area (Å²) in [6.07, 6.45) is 5.04. The van der Waals surface area contributed by atoms with Crippen molar-refractivity contribution in [1.29, 1.82) is 0 Å². The second kappa shape index (κ2) is 4.47. The predicted octanol–water partition coefficient (Wildman–Crippen LogP) is 1.57. The highest BCUT2D eigenvalue weighted by molar-refractivity contribution is 5.51. The van der Waals surface area contributed by atoms with Gasteiger partial charge in [-0.25, -0.2) is 10.8 Å². The first-order valence-electron chi connectivity index (χ1n) is 4.56. The van der Waals surface area contributed by atoms with Crippen LogP contribution >= 0.6 is 0 Å². The normalized spacial score (nSPS) is 9.93. The first kappa shape index (κ1) is 9.54. The summed E-state index contributed by atoms with van der Waals surface area (Å²) in [4.78, 5) is 4.01. The molecule has 2 rings (SSSR count). The van der Waals surface area contributed by atoms with Crippen molar-refractivity contribution in [1.82, 2.24) is 4.98 Å². The Bertz CT molecular complexity index is 413. The number of hydrogen-bond donors (Lipinski definition) is 3. The molecule has 4 N–H and O–H groups in total. The van der Waals surface area contributed by atoms with Crippen molar-refractivity contribution in [3.8, 4) is 0 Å². The smallest absolute Gasteiger partial charge is 0.141 e. The van der Waals surface area contributed by atoms with E-state index in [0.717, 1.165) is 11.3 Å². The number of furan rings is 1. The summed E-state index contributed by atoms with van der Waals surface area (Å²) in [5.74, 6) is 5.89. The molecule has 2 heterocycles. The number of hydrazine groups is 1. The highest BCUT2D eigenvalue weighted by Gasteiger charge is 1.96. The molecule has 5 nitrogen and oxygen atoms in total. The molecular formula is C10H12N4O. The molecule has 78 valence electrons. The van der Waals surface area contributed by atoms with Gasteiger partial charge in [-0.3, -0.25) is 0 Å². The van der Waals surface area contributed by atoms with Crippen molar-refractivity contribution < 1.29 is 4.42 Å². The average Bonchev–Trinajstić information content (AvgIpc) is 2.79. The summed E-state index contributed by atoms with van der Waals surface area (Å²) < 4.78 is 4.96. The molecule has 0 aliphatic heterocycles. The largest absolute Gasteiger partial charge is 0.472 e. The summed E-state index contributed by atoms with van der Waals surface area (Å²) in [5.41, 5.74) is 4.54. The van der Waals surface area contributed by atoms with Gasteiger partial charge in [-0.15, -0.1) is 0 Å². The van der Waals surface area contributed by atoms with Gasteiger partial charge in [-0.2, -0.15) is 0 Å². The van der Waals surface area contributed by atoms with Crippen LogP contribution in [0.2, 0.25) is 0 Å². The molecule has 0 atom stereocenters. The summed E-state index contributed by atoms with van der Waals surface area (Å²) >= 11 is 0. The molecule has 0 unspecified atom stereocenters. The fourth-order valence-electron chi connectivity index (χ4n) is 1.22. The van der Waals surface area contributed by atoms with Gasteiger partial charge < -0.3 is 15.2 Å². The molecule has 2 aromatic rings. The number of anilines is 2. The zero-order valence-corrected chi connectivity index (χ0v) is 8.10. The number of rotatable bonds is 4. The minimum atomic E-state index is 0.632. The van der Waals surface area contributed by atoms with Crippen LogP contribution in [0.4, 0.5) is 11.5 Å². The molecule has 0 spiro atoms. The molecule has 0 aromatic carbocycles. The minimum Gasteiger partial charge on any atom is -0.472 e. The van der Waals surface area contributed by atoms with Crippen LogP contribution in [-0.2, 0) is 6.54 Å². The first-order chi connectivity index (χ1) is 7.38. The fourth-order valence-corrected chi connectivity index (χ4v) is 1.22. The van der Waals surface area contributed by atoms with E-state index in [2.05, 4.69) is 15.7 Å². The molecule has 0 saturated heterocycles. The summed E-state index contributed by atoms with van der Waals surface area (Å²) in [6, 6.07) is 5.62. The second-order valence-electron chi connectivity index (χ2n) is 3.06. The van der Waals surface area contributed by atoms with Gasteiger partial charge in [0.1, 0.15) is 5.82 Å². The van der Waals surface area contributed by atoms with Gasteiger partial charge in [0.05, 0.1) is 12.5 Å². The third-order valence-electron chi connectivity index (χ3n) is 1.98. The van der Waals surface area contributed by atoms with Crippen LogP contribution in [0.15, 0.2) is 41.3 Å². The van der Waals surface area contributed by atoms with Crippen LogP contribution in [-0.4, -0.2) is 4.98 Å². The van der Waals surface area contributed by atoms with Crippen molar-refractivity contribution >= 4 is 11.5 Å². The van der Waals surface area contributed by atoms with Crippen LogP contribution in [0.3, 0.4) is 0 Å². The number of nitrogens with two attached hydrogens (primary N) is 1. The maximum atomic E-state index is 5.25. The van der Waals surface area contributed by atoms with Crippen molar-refractivity contribution in [2.75, 3.05) is 10.7 Å². The third kappa shape index (κ3) is 2.47. The number of nitrogens with zero attached hydrogens (tertiary/aromatic N) is 1. The Morgan fingerprint density at radius 2 is 2.33 bits per heavy atom. The van der Waals surface area contributed by atoms with Gasteiger partial charge in [0, 0.05) is 30.1 Å². The number of nitrogens with one attached hydrogen (secondary N) is 2. The molecule has 0 saturated carbocycles. The maximum Gasteiger partial charge on any atom is 0.141 e. The van der Waals surface area contributed by atoms with Crippen molar-refractivity contribution in [2.24, 2.45) is 5.84 Å². The van der Waals surface area contributed by atoms with Gasteiger partial charge in [-0.05, 0) is 12.1 Å². The van der Waals surface area contributed by atoms with Gasteiger partial charge in [0.25, 0.3) is 0 Å². The molecule has 5 heteroatoms. The highest BCUT2D eigenvalue weighted by Crippen LogP contribution is 2.12. The maximum absolute atomic E-state index is 5.25. The lowest BCUT2D eigenvalue weighted by atomic mass is 10.3. The molecule has 0 aliphatic rings. The Hall–Kier alpha value is -2.01. The highest BCUT2D eigenvalue weighted by atomic mass is 16.3. The number of pyridine rings is 1. The van der Waals surface area contributed by atoms with Crippen molar-refractivity contribution in [3.05, 3.63) is 42.5 Å². The SMILES string of the molecule is NNc1cc(NCc2ccoc2)ccn1. The molecule has 2 aromatic heterocycles. The molecular weight excluding hydrogens is 192 g/mol. The van der Waals surface area contributed by atoms with Gasteiger partial charge in [0.15, 0.2) is 0 Å². The third-order valence-corrected chi connectivity index (χ3v) is 1.98. The van der Waals surface area contributed by atoms with E-state index < -0.39 is 0 Å². The van der Waals surface area contributed by atoms with E-state index in [-0.39, 0.29) is 0 Å². The quantitative estimate of drug-likeness (QED) is 0.520. The molecule has 0 fully saturated rings. The minimum absolute atomic E-state index is 0.632. The summed E-state index contributed by atoms with van der Waals surface area (Å²) in [5, 5.41) is 3.23. The zero-order chi connectivity index (χ0) is 10.5. The molecule has 0 bridgehead atoms. The fraction of sp³-hybridized carbons (Fsp3) is 0.100. The van der Waals surface area contributed by atoms with Crippen molar-refractivity contribution in [2.45, 2.75) is 6.54 Å². The van der Waals surface area contributed by atoms with E-state index >= 15 is 0 Å². The summed E-state index contributed by atoms with van der Waals surface area (Å²) in [7, 11) is 0. The zero-order valence-electron chi connectivity index (χ0n) is 8.10. The first-order valence-corrected chi connectivity index (χ1v) is 4.56. The van der Waals surface area contributed by atoms with Gasteiger partial charge in [0.2, 0.25) is 0 Å². The Balaban J connectivity index is 1.98. The lowest BCUT2D eigenvalue weighted by molar-refractivity contribution is 0.564. The lowest BCUT2D eigenvalue weighted by Crippen LogP contribution is -2.08. The Labute approximate surface area is 87.3 Å². The molecule has 0 aliphatic carbocycles.